The number of nitrogens with two attached hydrogens (primary N) is 1. The Hall–Kier alpha value is -1.59. The Morgan fingerprint density at radius 2 is 2.41 bits per heavy atom. The van der Waals surface area contributed by atoms with Gasteiger partial charge in [-0.2, -0.15) is 0 Å². The number of imidazole rings is 1. The molecule has 2 rings (SSSR count). The lowest BCUT2D eigenvalue weighted by molar-refractivity contribution is 0.514. The standard InChI is InChI=1S/C12H18N4O/c1-3-5-16-6-4-14-12(16)11(15-13)10-7-9(2)17-8-10/h4,6-8,11,15H,3,5,13H2,1-2H3. The zero-order valence-electron chi connectivity index (χ0n) is 10.2. The Labute approximate surface area is 101 Å². The molecule has 3 N–H and O–H groups in total. The molecule has 5 heteroatoms. The third kappa shape index (κ3) is 2.40. The number of aromatic nitrogens is 2. The van der Waals surface area contributed by atoms with Gasteiger partial charge in [-0.25, -0.2) is 10.4 Å². The van der Waals surface area contributed by atoms with Crippen LogP contribution in [0.15, 0.2) is 29.1 Å². The van der Waals surface area contributed by atoms with Crippen LogP contribution in [0.25, 0.3) is 0 Å². The number of nitrogens with one attached hydrogen (secondary N) is 1. The Morgan fingerprint density at radius 1 is 1.59 bits per heavy atom. The SMILES string of the molecule is CCCn1ccnc1C(NN)c1coc(C)c1. The van der Waals surface area contributed by atoms with Crippen LogP contribution in [0, 0.1) is 6.92 Å². The summed E-state index contributed by atoms with van der Waals surface area (Å²) in [6.07, 6.45) is 6.54. The minimum Gasteiger partial charge on any atom is -0.469 e. The van der Waals surface area contributed by atoms with Crippen molar-refractivity contribution in [3.63, 3.8) is 0 Å². The number of rotatable bonds is 5. The van der Waals surface area contributed by atoms with Crippen LogP contribution >= 0.6 is 0 Å². The van der Waals surface area contributed by atoms with Crippen molar-refractivity contribution in [1.82, 2.24) is 15.0 Å². The molecular formula is C12H18N4O. The topological polar surface area (TPSA) is 69.0 Å². The molecule has 0 aliphatic heterocycles. The number of hydrogen-bond donors (Lipinski definition) is 2. The molecule has 0 bridgehead atoms. The highest BCUT2D eigenvalue weighted by Gasteiger charge is 2.19. The second-order valence-corrected chi connectivity index (χ2v) is 4.07. The summed E-state index contributed by atoms with van der Waals surface area (Å²) in [7, 11) is 0. The summed E-state index contributed by atoms with van der Waals surface area (Å²) in [6.45, 7) is 4.98. The molecule has 1 unspecified atom stereocenters. The quantitative estimate of drug-likeness (QED) is 0.611. The highest BCUT2D eigenvalue weighted by Crippen LogP contribution is 2.22. The molecule has 2 heterocycles. The maximum absolute atomic E-state index is 5.63. The van der Waals surface area contributed by atoms with Crippen LogP contribution in [0.2, 0.25) is 0 Å². The first-order valence-electron chi connectivity index (χ1n) is 5.78. The molecule has 0 radical (unpaired) electrons. The predicted molar refractivity (Wildman–Crippen MR) is 65.1 cm³/mol. The molecular weight excluding hydrogens is 216 g/mol. The van der Waals surface area contributed by atoms with Crippen LogP contribution in [-0.4, -0.2) is 9.55 Å². The zero-order chi connectivity index (χ0) is 12.3. The fourth-order valence-corrected chi connectivity index (χ4v) is 1.95. The maximum Gasteiger partial charge on any atom is 0.131 e. The van der Waals surface area contributed by atoms with Crippen molar-refractivity contribution < 1.29 is 4.42 Å². The van der Waals surface area contributed by atoms with Crippen LogP contribution in [-0.2, 0) is 6.54 Å². The molecule has 0 fully saturated rings. The van der Waals surface area contributed by atoms with Gasteiger partial charge in [0.15, 0.2) is 0 Å². The summed E-state index contributed by atoms with van der Waals surface area (Å²) in [4.78, 5) is 4.37. The minimum atomic E-state index is -0.131. The van der Waals surface area contributed by atoms with E-state index >= 15 is 0 Å². The summed E-state index contributed by atoms with van der Waals surface area (Å²) in [5.41, 5.74) is 3.78. The van der Waals surface area contributed by atoms with Gasteiger partial charge in [-0.1, -0.05) is 6.92 Å². The van der Waals surface area contributed by atoms with Crippen molar-refractivity contribution in [1.29, 1.82) is 0 Å². The lowest BCUT2D eigenvalue weighted by Crippen LogP contribution is -2.30. The number of aryl methyl sites for hydroxylation is 2. The van der Waals surface area contributed by atoms with E-state index < -0.39 is 0 Å². The molecule has 0 aromatic carbocycles. The van der Waals surface area contributed by atoms with E-state index in [1.807, 2.05) is 19.2 Å². The Morgan fingerprint density at radius 3 is 3.00 bits per heavy atom. The molecule has 5 nitrogen and oxygen atoms in total. The van der Waals surface area contributed by atoms with Crippen LogP contribution in [0.5, 0.6) is 0 Å². The summed E-state index contributed by atoms with van der Waals surface area (Å²) in [5.74, 6) is 7.41. The Balaban J connectivity index is 2.31. The number of furan rings is 1. The van der Waals surface area contributed by atoms with Crippen molar-refractivity contribution in [2.45, 2.75) is 32.9 Å². The monoisotopic (exact) mass is 234 g/mol. The predicted octanol–water partition coefficient (Wildman–Crippen LogP) is 1.75. The van der Waals surface area contributed by atoms with Gasteiger partial charge in [-0.05, 0) is 19.4 Å². The van der Waals surface area contributed by atoms with E-state index in [1.54, 1.807) is 12.5 Å². The van der Waals surface area contributed by atoms with Gasteiger partial charge < -0.3 is 8.98 Å². The van der Waals surface area contributed by atoms with Crippen molar-refractivity contribution in [2.24, 2.45) is 5.84 Å². The summed E-state index contributed by atoms with van der Waals surface area (Å²) < 4.78 is 7.42. The summed E-state index contributed by atoms with van der Waals surface area (Å²) in [6, 6.07) is 1.84. The van der Waals surface area contributed by atoms with Crippen molar-refractivity contribution in [3.8, 4) is 0 Å². The molecule has 2 aromatic rings. The number of nitrogens with zero attached hydrogens (tertiary/aromatic N) is 2. The lowest BCUT2D eigenvalue weighted by atomic mass is 10.1. The first-order valence-corrected chi connectivity index (χ1v) is 5.78. The van der Waals surface area contributed by atoms with Gasteiger partial charge in [0.2, 0.25) is 0 Å². The van der Waals surface area contributed by atoms with E-state index in [0.717, 1.165) is 30.1 Å². The third-order valence-electron chi connectivity index (χ3n) is 2.72. The number of hydrazine groups is 1. The maximum atomic E-state index is 5.63. The summed E-state index contributed by atoms with van der Waals surface area (Å²) in [5, 5.41) is 0. The van der Waals surface area contributed by atoms with Crippen LogP contribution in [0.4, 0.5) is 0 Å². The van der Waals surface area contributed by atoms with Crippen molar-refractivity contribution in [2.75, 3.05) is 0 Å². The van der Waals surface area contributed by atoms with Gasteiger partial charge in [-0.3, -0.25) is 5.84 Å². The van der Waals surface area contributed by atoms with Gasteiger partial charge >= 0.3 is 0 Å². The molecule has 0 saturated carbocycles. The fraction of sp³-hybridized carbons (Fsp3) is 0.417. The van der Waals surface area contributed by atoms with E-state index in [1.165, 1.54) is 0 Å². The molecule has 0 amide bonds. The molecule has 0 saturated heterocycles. The highest BCUT2D eigenvalue weighted by atomic mass is 16.3. The zero-order valence-corrected chi connectivity index (χ0v) is 10.2. The lowest BCUT2D eigenvalue weighted by Gasteiger charge is -2.15. The van der Waals surface area contributed by atoms with Crippen LogP contribution < -0.4 is 11.3 Å². The van der Waals surface area contributed by atoms with E-state index in [2.05, 4.69) is 21.9 Å². The van der Waals surface area contributed by atoms with Gasteiger partial charge in [0.05, 0.1) is 6.26 Å². The first-order chi connectivity index (χ1) is 8.26. The summed E-state index contributed by atoms with van der Waals surface area (Å²) >= 11 is 0. The Bertz CT molecular complexity index is 474. The molecule has 1 atom stereocenters. The largest absolute Gasteiger partial charge is 0.469 e. The molecule has 0 aliphatic carbocycles. The van der Waals surface area contributed by atoms with Crippen molar-refractivity contribution >= 4 is 0 Å². The average molecular weight is 234 g/mol. The third-order valence-corrected chi connectivity index (χ3v) is 2.72. The molecule has 92 valence electrons. The van der Waals surface area contributed by atoms with Gasteiger partial charge in [0, 0.05) is 24.5 Å². The average Bonchev–Trinajstić information content (AvgIpc) is 2.91. The van der Waals surface area contributed by atoms with Gasteiger partial charge in [0.1, 0.15) is 17.6 Å². The number of hydrogen-bond acceptors (Lipinski definition) is 4. The molecule has 2 aromatic heterocycles. The molecule has 17 heavy (non-hydrogen) atoms. The van der Waals surface area contributed by atoms with E-state index in [0.29, 0.717) is 0 Å². The smallest absolute Gasteiger partial charge is 0.131 e. The highest BCUT2D eigenvalue weighted by molar-refractivity contribution is 5.23. The fourth-order valence-electron chi connectivity index (χ4n) is 1.95. The van der Waals surface area contributed by atoms with E-state index in [-0.39, 0.29) is 6.04 Å². The van der Waals surface area contributed by atoms with E-state index in [4.69, 9.17) is 10.3 Å². The van der Waals surface area contributed by atoms with E-state index in [9.17, 15) is 0 Å². The minimum absolute atomic E-state index is 0.131. The molecule has 0 spiro atoms. The van der Waals surface area contributed by atoms with Crippen LogP contribution in [0.3, 0.4) is 0 Å². The second-order valence-electron chi connectivity index (χ2n) is 4.07. The van der Waals surface area contributed by atoms with Gasteiger partial charge in [0.25, 0.3) is 0 Å². The van der Waals surface area contributed by atoms with Crippen LogP contribution in [0.1, 0.15) is 36.5 Å². The first kappa shape index (κ1) is 11.9. The normalized spacial score (nSPS) is 12.9. The Kier molecular flexibility index (Phi) is 3.61. The molecule has 0 aliphatic rings. The van der Waals surface area contributed by atoms with Gasteiger partial charge in [-0.15, -0.1) is 0 Å². The second kappa shape index (κ2) is 5.16. The van der Waals surface area contributed by atoms with Crippen molar-refractivity contribution in [3.05, 3.63) is 41.9 Å².